The molecule has 8 nitrogen and oxygen atoms in total. The predicted octanol–water partition coefficient (Wildman–Crippen LogP) is 2.74. The SMILES string of the molecule is O=C(NO)c1ccc(CN(c2cnccn2)c2cncc(C(F)(F)F)n2)cc1. The Kier molecular flexibility index (Phi) is 5.45. The van der Waals surface area contributed by atoms with Crippen LogP contribution in [-0.2, 0) is 12.7 Å². The lowest BCUT2D eigenvalue weighted by molar-refractivity contribution is -0.141. The first-order valence-corrected chi connectivity index (χ1v) is 7.84. The van der Waals surface area contributed by atoms with Gasteiger partial charge in [-0.15, -0.1) is 0 Å². The van der Waals surface area contributed by atoms with Crippen LogP contribution in [0.3, 0.4) is 0 Å². The van der Waals surface area contributed by atoms with Crippen LogP contribution in [0.25, 0.3) is 0 Å². The van der Waals surface area contributed by atoms with Crippen molar-refractivity contribution < 1.29 is 23.2 Å². The van der Waals surface area contributed by atoms with Crippen LogP contribution in [0, 0.1) is 0 Å². The van der Waals surface area contributed by atoms with Gasteiger partial charge in [0, 0.05) is 18.0 Å². The van der Waals surface area contributed by atoms with Crippen molar-refractivity contribution in [3.63, 3.8) is 0 Å². The standard InChI is InChI=1S/C17H13F3N6O2/c18-17(19,20)13-7-22-9-15(24-13)26(14-8-21-5-6-23-14)10-11-1-3-12(4-2-11)16(27)25-28/h1-9,28H,10H2,(H,25,27). The summed E-state index contributed by atoms with van der Waals surface area (Å²) in [5.74, 6) is -0.470. The summed E-state index contributed by atoms with van der Waals surface area (Å²) in [6.45, 7) is 0.0930. The highest BCUT2D eigenvalue weighted by atomic mass is 19.4. The zero-order chi connectivity index (χ0) is 20.1. The minimum atomic E-state index is -4.64. The normalized spacial score (nSPS) is 11.1. The summed E-state index contributed by atoms with van der Waals surface area (Å²) in [6.07, 6.45) is 1.41. The Balaban J connectivity index is 1.96. The third-order valence-electron chi connectivity index (χ3n) is 3.67. The third-order valence-corrected chi connectivity index (χ3v) is 3.67. The maximum atomic E-state index is 13.0. The fourth-order valence-corrected chi connectivity index (χ4v) is 2.34. The van der Waals surface area contributed by atoms with Crippen molar-refractivity contribution in [2.24, 2.45) is 0 Å². The van der Waals surface area contributed by atoms with E-state index in [9.17, 15) is 18.0 Å². The van der Waals surface area contributed by atoms with Gasteiger partial charge in [0.05, 0.1) is 25.1 Å². The molecule has 0 radical (unpaired) electrons. The van der Waals surface area contributed by atoms with Gasteiger partial charge in [0.2, 0.25) is 0 Å². The second kappa shape index (κ2) is 7.96. The minimum absolute atomic E-state index is 0.0625. The number of rotatable bonds is 5. The Hall–Kier alpha value is -3.60. The number of halogens is 3. The number of alkyl halides is 3. The lowest BCUT2D eigenvalue weighted by Crippen LogP contribution is -2.21. The molecule has 0 saturated heterocycles. The number of benzene rings is 1. The van der Waals surface area contributed by atoms with Gasteiger partial charge < -0.3 is 4.90 Å². The second-order valence-corrected chi connectivity index (χ2v) is 5.55. The van der Waals surface area contributed by atoms with Crippen LogP contribution >= 0.6 is 0 Å². The molecule has 0 unspecified atom stereocenters. The molecule has 0 bridgehead atoms. The number of aromatic nitrogens is 4. The molecular weight excluding hydrogens is 377 g/mol. The van der Waals surface area contributed by atoms with Crippen LogP contribution in [-0.4, -0.2) is 31.1 Å². The molecule has 0 aliphatic heterocycles. The van der Waals surface area contributed by atoms with Crippen molar-refractivity contribution in [3.8, 4) is 0 Å². The van der Waals surface area contributed by atoms with E-state index < -0.39 is 17.8 Å². The number of nitrogens with zero attached hydrogens (tertiary/aromatic N) is 5. The largest absolute Gasteiger partial charge is 0.434 e. The Morgan fingerprint density at radius 2 is 1.75 bits per heavy atom. The fraction of sp³-hybridized carbons (Fsp3) is 0.118. The molecule has 2 heterocycles. The number of carbonyl (C=O) groups excluding carboxylic acids is 1. The van der Waals surface area contributed by atoms with E-state index in [-0.39, 0.29) is 23.7 Å². The van der Waals surface area contributed by atoms with E-state index in [1.165, 1.54) is 47.3 Å². The Labute approximate surface area is 156 Å². The van der Waals surface area contributed by atoms with E-state index in [0.29, 0.717) is 11.8 Å². The molecule has 0 fully saturated rings. The van der Waals surface area contributed by atoms with Crippen molar-refractivity contribution in [2.75, 3.05) is 4.90 Å². The third kappa shape index (κ3) is 4.38. The van der Waals surface area contributed by atoms with E-state index in [1.807, 2.05) is 0 Å². The highest BCUT2D eigenvalue weighted by Crippen LogP contribution is 2.30. The smallest absolute Gasteiger partial charge is 0.304 e. The number of hydrogen-bond acceptors (Lipinski definition) is 7. The average molecular weight is 390 g/mol. The first kappa shape index (κ1) is 19.2. The van der Waals surface area contributed by atoms with Crippen LogP contribution in [0.15, 0.2) is 55.2 Å². The molecule has 0 saturated carbocycles. The maximum Gasteiger partial charge on any atom is 0.434 e. The summed E-state index contributed by atoms with van der Waals surface area (Å²) < 4.78 is 39.0. The molecule has 0 aliphatic rings. The number of carbonyl (C=O) groups is 1. The molecule has 1 amide bonds. The molecule has 3 aromatic rings. The first-order chi connectivity index (χ1) is 13.4. The van der Waals surface area contributed by atoms with Gasteiger partial charge in [0.1, 0.15) is 0 Å². The molecule has 0 spiro atoms. The maximum absolute atomic E-state index is 13.0. The molecule has 144 valence electrons. The van der Waals surface area contributed by atoms with Crippen molar-refractivity contribution >= 4 is 17.5 Å². The molecule has 2 aromatic heterocycles. The van der Waals surface area contributed by atoms with E-state index >= 15 is 0 Å². The highest BCUT2D eigenvalue weighted by Gasteiger charge is 2.33. The summed E-state index contributed by atoms with van der Waals surface area (Å²) in [4.78, 5) is 28.2. The topological polar surface area (TPSA) is 104 Å². The van der Waals surface area contributed by atoms with E-state index in [1.54, 1.807) is 12.1 Å². The first-order valence-electron chi connectivity index (χ1n) is 7.84. The quantitative estimate of drug-likeness (QED) is 0.510. The summed E-state index contributed by atoms with van der Waals surface area (Å²) in [6, 6.07) is 6.12. The van der Waals surface area contributed by atoms with Crippen LogP contribution in [0.1, 0.15) is 21.6 Å². The summed E-state index contributed by atoms with van der Waals surface area (Å²) in [7, 11) is 0. The van der Waals surface area contributed by atoms with Crippen LogP contribution in [0.2, 0.25) is 0 Å². The van der Waals surface area contributed by atoms with E-state index in [4.69, 9.17) is 5.21 Å². The number of nitrogens with one attached hydrogen (secondary N) is 1. The number of amides is 1. The van der Waals surface area contributed by atoms with Gasteiger partial charge in [0.25, 0.3) is 5.91 Å². The molecule has 3 rings (SSSR count). The average Bonchev–Trinajstić information content (AvgIpc) is 2.72. The number of hydrogen-bond donors (Lipinski definition) is 2. The highest BCUT2D eigenvalue weighted by molar-refractivity contribution is 5.93. The van der Waals surface area contributed by atoms with Crippen molar-refractivity contribution in [3.05, 3.63) is 72.1 Å². The van der Waals surface area contributed by atoms with E-state index in [0.717, 1.165) is 0 Å². The van der Waals surface area contributed by atoms with Crippen LogP contribution in [0.4, 0.5) is 24.8 Å². The minimum Gasteiger partial charge on any atom is -0.304 e. The van der Waals surface area contributed by atoms with Crippen LogP contribution in [0.5, 0.6) is 0 Å². The van der Waals surface area contributed by atoms with Gasteiger partial charge in [-0.1, -0.05) is 12.1 Å². The van der Waals surface area contributed by atoms with E-state index in [2.05, 4.69) is 19.9 Å². The van der Waals surface area contributed by atoms with Crippen molar-refractivity contribution in [1.82, 2.24) is 25.4 Å². The lowest BCUT2D eigenvalue weighted by Gasteiger charge is -2.23. The summed E-state index contributed by atoms with van der Waals surface area (Å²) in [5.41, 5.74) is 1.26. The van der Waals surface area contributed by atoms with Gasteiger partial charge in [-0.05, 0) is 17.7 Å². The number of anilines is 2. The summed E-state index contributed by atoms with van der Waals surface area (Å²) >= 11 is 0. The molecule has 11 heteroatoms. The molecule has 28 heavy (non-hydrogen) atoms. The van der Waals surface area contributed by atoms with Crippen LogP contribution < -0.4 is 10.4 Å². The van der Waals surface area contributed by atoms with Gasteiger partial charge in [0.15, 0.2) is 17.3 Å². The van der Waals surface area contributed by atoms with Gasteiger partial charge in [-0.3, -0.25) is 20.0 Å². The second-order valence-electron chi connectivity index (χ2n) is 5.55. The van der Waals surface area contributed by atoms with Crippen molar-refractivity contribution in [2.45, 2.75) is 12.7 Å². The molecular formula is C17H13F3N6O2. The Bertz CT molecular complexity index is 951. The summed E-state index contributed by atoms with van der Waals surface area (Å²) in [5, 5.41) is 8.66. The molecule has 0 atom stereocenters. The fourth-order valence-electron chi connectivity index (χ4n) is 2.34. The Morgan fingerprint density at radius 1 is 1.04 bits per heavy atom. The van der Waals surface area contributed by atoms with Gasteiger partial charge in [-0.2, -0.15) is 13.2 Å². The van der Waals surface area contributed by atoms with Crippen molar-refractivity contribution in [1.29, 1.82) is 0 Å². The monoisotopic (exact) mass is 390 g/mol. The zero-order valence-electron chi connectivity index (χ0n) is 14.1. The molecule has 1 aromatic carbocycles. The predicted molar refractivity (Wildman–Crippen MR) is 90.6 cm³/mol. The van der Waals surface area contributed by atoms with Gasteiger partial charge in [-0.25, -0.2) is 15.4 Å². The molecule has 2 N–H and O–H groups in total. The number of hydroxylamine groups is 1. The lowest BCUT2D eigenvalue weighted by atomic mass is 10.1. The van der Waals surface area contributed by atoms with Gasteiger partial charge >= 0.3 is 6.18 Å². The Morgan fingerprint density at radius 3 is 2.36 bits per heavy atom. The molecule has 0 aliphatic carbocycles. The zero-order valence-corrected chi connectivity index (χ0v) is 14.1.